The lowest BCUT2D eigenvalue weighted by molar-refractivity contribution is 0.258. The van der Waals surface area contributed by atoms with E-state index in [0.717, 1.165) is 24.3 Å². The van der Waals surface area contributed by atoms with Gasteiger partial charge in [0, 0.05) is 35.2 Å². The summed E-state index contributed by atoms with van der Waals surface area (Å²) >= 11 is 0. The summed E-state index contributed by atoms with van der Waals surface area (Å²) in [5, 5.41) is 28.3. The maximum absolute atomic E-state index is 14.7. The first-order valence-electron chi connectivity index (χ1n) is 23.5. The Bertz CT molecular complexity index is 4760. The van der Waals surface area contributed by atoms with Gasteiger partial charge in [0.15, 0.2) is 0 Å². The molecule has 2 heterocycles. The fraction of sp³-hybridized carbons (Fsp3) is 0.0698. The third kappa shape index (κ3) is 16.4. The fourth-order valence-electron chi connectivity index (χ4n) is 7.73. The predicted octanol–water partition coefficient (Wildman–Crippen LogP) is 5.33. The zero-order valence-corrected chi connectivity index (χ0v) is 48.3. The number of rotatable bonds is 22. The van der Waals surface area contributed by atoms with Gasteiger partial charge in [0.2, 0.25) is 23.8 Å². The third-order valence-electron chi connectivity index (χ3n) is 11.3. The number of urea groups is 2. The Morgan fingerprint density at radius 3 is 1.08 bits per heavy atom. The zero-order valence-electron chi connectivity index (χ0n) is 43.4. The molecule has 8 aromatic rings. The quantitative estimate of drug-likeness (QED) is 0.0231. The molecule has 2 aromatic heterocycles. The number of primary amides is 2. The van der Waals surface area contributed by atoms with Crippen LogP contribution in [0.2, 0.25) is 0 Å². The molecule has 0 aliphatic rings. The Balaban J connectivity index is 0.939. The van der Waals surface area contributed by atoms with Crippen LogP contribution in [0.3, 0.4) is 0 Å². The van der Waals surface area contributed by atoms with E-state index in [2.05, 4.69) is 82.3 Å². The molecule has 0 spiro atoms. The first-order chi connectivity index (χ1) is 41.3. The highest BCUT2D eigenvalue weighted by molar-refractivity contribution is 7.87. The summed E-state index contributed by atoms with van der Waals surface area (Å²) in [6.45, 7) is 0.00198. The fourth-order valence-corrected chi connectivity index (χ4v) is 11.7. The van der Waals surface area contributed by atoms with Gasteiger partial charge >= 0.3 is 24.2 Å². The van der Waals surface area contributed by atoms with Crippen LogP contribution in [-0.2, 0) is 60.7 Å². The number of hydrogen-bond acceptors (Lipinski definition) is 28. The second kappa shape index (κ2) is 24.7. The van der Waals surface area contributed by atoms with E-state index in [-0.39, 0.29) is 65.5 Å². The molecule has 0 aliphatic carbocycles. The molecule has 0 aliphatic heterocycles. The maximum Gasteiger partial charge on any atom is 0.316 e. The Morgan fingerprint density at radius 2 is 0.753 bits per heavy atom. The smallest absolute Gasteiger partial charge is 0.316 e. The van der Waals surface area contributed by atoms with E-state index in [9.17, 15) is 96.2 Å². The number of nitrogens with one attached hydrogen (secondary N) is 6. The van der Waals surface area contributed by atoms with Gasteiger partial charge in [0.1, 0.15) is 42.3 Å². The average molecular weight is 1360 g/mol. The van der Waals surface area contributed by atoms with Gasteiger partial charge in [-0.25, -0.2) is 9.59 Å². The van der Waals surface area contributed by atoms with Crippen LogP contribution in [0.25, 0.3) is 21.5 Å². The molecular formula is C43H36F2N18O20S6. The number of carbonyl (C=O) groups excluding carboxylic acids is 2. The highest BCUT2D eigenvalue weighted by Gasteiger charge is 2.27. The van der Waals surface area contributed by atoms with Crippen molar-refractivity contribution in [3.8, 4) is 0 Å². The van der Waals surface area contributed by atoms with Gasteiger partial charge in [0.05, 0.1) is 21.2 Å². The Kier molecular flexibility index (Phi) is 18.1. The molecule has 6 aromatic carbocycles. The number of nitrogens with zero attached hydrogens (tertiary/aromatic N) is 10. The molecule has 8 rings (SSSR count). The number of aromatic nitrogens is 6. The lowest BCUT2D eigenvalue weighted by Crippen LogP contribution is -2.19. The number of benzene rings is 6. The normalized spacial score (nSPS) is 12.6. The molecule has 468 valence electrons. The summed E-state index contributed by atoms with van der Waals surface area (Å²) in [6.07, 6.45) is -2.43. The van der Waals surface area contributed by atoms with Crippen molar-refractivity contribution in [2.24, 2.45) is 31.9 Å². The number of halogens is 2. The van der Waals surface area contributed by atoms with Crippen molar-refractivity contribution in [3.05, 3.63) is 97.1 Å². The number of anilines is 8. The molecule has 0 unspecified atom stereocenters. The Morgan fingerprint density at radius 1 is 0.416 bits per heavy atom. The second-order valence-electron chi connectivity index (χ2n) is 17.6. The summed E-state index contributed by atoms with van der Waals surface area (Å²) < 4.78 is 234. The van der Waals surface area contributed by atoms with E-state index in [0.29, 0.717) is 48.5 Å². The van der Waals surface area contributed by atoms with Gasteiger partial charge in [-0.15, -0.1) is 20.5 Å². The van der Waals surface area contributed by atoms with Gasteiger partial charge in [-0.1, -0.05) is 0 Å². The number of fused-ring (bicyclic) bond motifs is 2. The van der Waals surface area contributed by atoms with Crippen molar-refractivity contribution in [1.82, 2.24) is 29.9 Å². The summed E-state index contributed by atoms with van der Waals surface area (Å²) in [5.74, 6) is -1.49. The van der Waals surface area contributed by atoms with Crippen molar-refractivity contribution in [2.45, 2.75) is 35.8 Å². The van der Waals surface area contributed by atoms with Gasteiger partial charge in [-0.2, -0.15) is 89.2 Å². The molecule has 0 saturated carbocycles. The minimum Gasteiger partial charge on any atom is -0.354 e. The van der Waals surface area contributed by atoms with Gasteiger partial charge in [-0.3, -0.25) is 27.3 Å². The van der Waals surface area contributed by atoms with E-state index in [4.69, 9.17) is 11.5 Å². The molecule has 4 amide bonds. The number of azo groups is 2. The van der Waals surface area contributed by atoms with Crippen molar-refractivity contribution >= 4 is 164 Å². The van der Waals surface area contributed by atoms with Crippen LogP contribution >= 0.6 is 0 Å². The van der Waals surface area contributed by atoms with Crippen LogP contribution in [0.1, 0.15) is 6.42 Å². The van der Waals surface area contributed by atoms with Crippen LogP contribution in [0.4, 0.5) is 87.7 Å². The van der Waals surface area contributed by atoms with Crippen LogP contribution in [-0.4, -0.2) is 133 Å². The van der Waals surface area contributed by atoms with Crippen LogP contribution in [0.15, 0.2) is 135 Å². The molecule has 0 saturated heterocycles. The van der Waals surface area contributed by atoms with Crippen molar-refractivity contribution in [3.63, 3.8) is 0 Å². The summed E-state index contributed by atoms with van der Waals surface area (Å²) in [4.78, 5) is 39.9. The van der Waals surface area contributed by atoms with E-state index in [1.165, 1.54) is 12.1 Å². The molecule has 0 fully saturated rings. The number of hydrogen-bond donors (Lipinski definition) is 14. The molecule has 46 heteroatoms. The van der Waals surface area contributed by atoms with Gasteiger partial charge in [0.25, 0.3) is 60.7 Å². The molecule has 0 atom stereocenters. The van der Waals surface area contributed by atoms with E-state index >= 15 is 0 Å². The Hall–Kier alpha value is -9.88. The third-order valence-corrected chi connectivity index (χ3v) is 16.5. The highest BCUT2D eigenvalue weighted by Crippen LogP contribution is 2.40. The highest BCUT2D eigenvalue weighted by atomic mass is 32.2. The van der Waals surface area contributed by atoms with Crippen LogP contribution < -0.4 is 43.4 Å². The van der Waals surface area contributed by atoms with E-state index < -0.39 is 159 Å². The number of amides is 4. The first-order valence-corrected chi connectivity index (χ1v) is 32.1. The Labute approximate surface area is 497 Å². The average Bonchev–Trinajstić information content (AvgIpc) is 1.46. The van der Waals surface area contributed by atoms with E-state index in [1.807, 2.05) is 0 Å². The van der Waals surface area contributed by atoms with Crippen molar-refractivity contribution < 1.29 is 96.2 Å². The molecule has 38 nitrogen and oxygen atoms in total. The monoisotopic (exact) mass is 1350 g/mol. The van der Waals surface area contributed by atoms with Crippen LogP contribution in [0, 0.1) is 12.2 Å². The minimum atomic E-state index is -5.28. The largest absolute Gasteiger partial charge is 0.354 e. The maximum atomic E-state index is 14.7. The lowest BCUT2D eigenvalue weighted by Gasteiger charge is -2.12. The van der Waals surface area contributed by atoms with E-state index in [1.54, 1.807) is 0 Å². The van der Waals surface area contributed by atoms with Gasteiger partial charge < -0.3 is 43.4 Å². The summed E-state index contributed by atoms with van der Waals surface area (Å²) in [7, 11) is -31.4. The lowest BCUT2D eigenvalue weighted by atomic mass is 10.1. The predicted molar refractivity (Wildman–Crippen MR) is 302 cm³/mol. The molecule has 89 heavy (non-hydrogen) atoms. The summed E-state index contributed by atoms with van der Waals surface area (Å²) in [5.41, 5.74) is 7.99. The van der Waals surface area contributed by atoms with Crippen molar-refractivity contribution in [1.29, 1.82) is 0 Å². The minimum absolute atomic E-state index is 0.000989. The molecule has 0 bridgehead atoms. The first kappa shape index (κ1) is 65.1. The number of carbonyl (C=O) groups is 2. The standard InChI is InChI=1S/C43H36F2N18O20S6/c44-36-54-40(58-42(56-36)50-20-2-4-26(28(12-20)52-38(46)64)60-62-30-16-24-18(10-34(30)88(78,79)80)8-22(84(66,67)68)14-32(24)86(72,73)74)48-6-1-7-49-41-55-37(45)57-43(59-41)51-21-3-5-27(29(13-21)53-39(47)65)61-63-31-17-25-19(11-35(31)89(81,82)83)9-23(85(69,70)71)15-33(25)87(75,76)77/h2-5,8-17H,1,6-7H2,(H3,46,52,64)(H3,47,53,65)(H,66,67,68)(H,69,70,71)(H,72,73,74)(H,75,76,77)(H,78,79,80)(H,81,82,83)(H2,48,50,54,56,58)(H2,49,51,55,57,59)/b62-60+,63-61+. The summed E-state index contributed by atoms with van der Waals surface area (Å²) in [6, 6.07) is 9.24. The molecule has 0 radical (unpaired) electrons. The SMILES string of the molecule is NC(=O)Nc1cc(Nc2nc(F)nc(NCCCNc3nc(F)nc(Nc4ccc(/N=N/c5cc6c(S(=O)(=O)O)cc(S(=O)(=O)O)cc6cc5S(=O)(=O)O)c(NC(N)=O)c4)n3)n2)ccc1/N=N/c1cc2c(S(=O)(=O)O)cc(S(=O)(=O)O)cc2cc1S(=O)(=O)O. The molecular weight excluding hydrogens is 1320 g/mol. The topological polar surface area (TPSA) is 611 Å². The van der Waals surface area contributed by atoms with Gasteiger partial charge in [-0.05, 0) is 102 Å². The number of nitrogens with two attached hydrogens (primary N) is 2. The van der Waals surface area contributed by atoms with Crippen LogP contribution in [0.5, 0.6) is 0 Å². The zero-order chi connectivity index (χ0) is 65.3. The second-order valence-corrected chi connectivity index (χ2v) is 26.0. The van der Waals surface area contributed by atoms with Crippen molar-refractivity contribution in [2.75, 3.05) is 45.0 Å². The molecule has 16 N–H and O–H groups in total.